The number of nitrogens with zero attached hydrogens (tertiary/aromatic N) is 1. The Bertz CT molecular complexity index is 918. The Hall–Kier alpha value is -2.31. The van der Waals surface area contributed by atoms with E-state index in [9.17, 15) is 8.42 Å². The molecule has 24 heavy (non-hydrogen) atoms. The SMILES string of the molecule is CS(=O)(=O)NCCn1ccc2cc(OCc3ccccc3)ccc21. The Labute approximate surface area is 141 Å². The van der Waals surface area contributed by atoms with E-state index in [1.165, 1.54) is 0 Å². The predicted octanol–water partition coefficient (Wildman–Crippen LogP) is 2.77. The van der Waals surface area contributed by atoms with E-state index >= 15 is 0 Å². The van der Waals surface area contributed by atoms with Crippen LogP contribution in [0.2, 0.25) is 0 Å². The molecule has 1 N–H and O–H groups in total. The second-order valence-corrected chi connectivity index (χ2v) is 7.50. The zero-order valence-electron chi connectivity index (χ0n) is 13.5. The average molecular weight is 344 g/mol. The number of hydrogen-bond donors (Lipinski definition) is 1. The third-order valence-corrected chi connectivity index (χ3v) is 4.44. The molecule has 0 atom stereocenters. The van der Waals surface area contributed by atoms with Crippen molar-refractivity contribution >= 4 is 20.9 Å². The first-order valence-electron chi connectivity index (χ1n) is 7.71. The Morgan fingerprint density at radius 3 is 2.62 bits per heavy atom. The van der Waals surface area contributed by atoms with Crippen molar-refractivity contribution < 1.29 is 13.2 Å². The lowest BCUT2D eigenvalue weighted by molar-refractivity contribution is 0.306. The molecule has 0 aliphatic carbocycles. The van der Waals surface area contributed by atoms with E-state index < -0.39 is 10.0 Å². The van der Waals surface area contributed by atoms with E-state index in [2.05, 4.69) is 4.72 Å². The standard InChI is InChI=1S/C18H20N2O3S/c1-24(21,22)19-10-12-20-11-9-16-13-17(7-8-18(16)20)23-14-15-5-3-2-4-6-15/h2-9,11,13,19H,10,12,14H2,1H3. The van der Waals surface area contributed by atoms with Gasteiger partial charge in [-0.25, -0.2) is 13.1 Å². The van der Waals surface area contributed by atoms with Crippen molar-refractivity contribution in [3.8, 4) is 5.75 Å². The van der Waals surface area contributed by atoms with Crippen LogP contribution in [0.4, 0.5) is 0 Å². The van der Waals surface area contributed by atoms with Gasteiger partial charge in [0.1, 0.15) is 12.4 Å². The van der Waals surface area contributed by atoms with Gasteiger partial charge in [0.15, 0.2) is 0 Å². The molecule has 6 heteroatoms. The van der Waals surface area contributed by atoms with Crippen molar-refractivity contribution in [3.05, 3.63) is 66.4 Å². The fourth-order valence-electron chi connectivity index (χ4n) is 2.56. The summed E-state index contributed by atoms with van der Waals surface area (Å²) < 4.78 is 32.6. The van der Waals surface area contributed by atoms with Crippen molar-refractivity contribution in [1.29, 1.82) is 0 Å². The molecule has 1 aromatic heterocycles. The van der Waals surface area contributed by atoms with Crippen LogP contribution in [0.5, 0.6) is 5.75 Å². The Morgan fingerprint density at radius 1 is 1.08 bits per heavy atom. The van der Waals surface area contributed by atoms with Crippen LogP contribution < -0.4 is 9.46 Å². The van der Waals surface area contributed by atoms with E-state index in [1.807, 2.05) is 65.4 Å². The normalized spacial score (nSPS) is 11.7. The van der Waals surface area contributed by atoms with Crippen LogP contribution in [-0.2, 0) is 23.2 Å². The van der Waals surface area contributed by atoms with Gasteiger partial charge >= 0.3 is 0 Å². The van der Waals surface area contributed by atoms with Crippen LogP contribution in [-0.4, -0.2) is 25.8 Å². The van der Waals surface area contributed by atoms with Gasteiger partial charge in [0.25, 0.3) is 0 Å². The monoisotopic (exact) mass is 344 g/mol. The molecule has 0 aliphatic heterocycles. The van der Waals surface area contributed by atoms with Gasteiger partial charge in [-0.1, -0.05) is 30.3 Å². The Kier molecular flexibility index (Phi) is 4.87. The van der Waals surface area contributed by atoms with Gasteiger partial charge in [0.05, 0.1) is 6.26 Å². The number of nitrogens with one attached hydrogen (secondary N) is 1. The number of aromatic nitrogens is 1. The predicted molar refractivity (Wildman–Crippen MR) is 95.6 cm³/mol. The fourth-order valence-corrected chi connectivity index (χ4v) is 3.02. The number of rotatable bonds is 7. The van der Waals surface area contributed by atoms with Gasteiger partial charge in [-0.05, 0) is 29.8 Å². The molecule has 0 amide bonds. The van der Waals surface area contributed by atoms with Crippen LogP contribution in [0, 0.1) is 0 Å². The van der Waals surface area contributed by atoms with Gasteiger partial charge in [0.2, 0.25) is 10.0 Å². The van der Waals surface area contributed by atoms with Gasteiger partial charge in [-0.2, -0.15) is 0 Å². The highest BCUT2D eigenvalue weighted by Crippen LogP contribution is 2.22. The summed E-state index contributed by atoms with van der Waals surface area (Å²) in [5, 5.41) is 1.07. The molecule has 0 aliphatic rings. The highest BCUT2D eigenvalue weighted by molar-refractivity contribution is 7.88. The van der Waals surface area contributed by atoms with Gasteiger partial charge in [0, 0.05) is 30.2 Å². The van der Waals surface area contributed by atoms with Crippen molar-refractivity contribution in [1.82, 2.24) is 9.29 Å². The lowest BCUT2D eigenvalue weighted by Crippen LogP contribution is -2.25. The minimum Gasteiger partial charge on any atom is -0.489 e. The smallest absolute Gasteiger partial charge is 0.208 e. The minimum absolute atomic E-state index is 0.370. The molecule has 0 saturated carbocycles. The molecule has 0 spiro atoms. The first kappa shape index (κ1) is 16.5. The maximum absolute atomic E-state index is 11.1. The van der Waals surface area contributed by atoms with Crippen molar-refractivity contribution in [2.75, 3.05) is 12.8 Å². The lowest BCUT2D eigenvalue weighted by atomic mass is 10.2. The molecule has 2 aromatic carbocycles. The molecule has 0 bridgehead atoms. The Morgan fingerprint density at radius 2 is 1.88 bits per heavy atom. The molecule has 0 fully saturated rings. The molecule has 126 valence electrons. The molecule has 0 saturated heterocycles. The quantitative estimate of drug-likeness (QED) is 0.717. The maximum Gasteiger partial charge on any atom is 0.208 e. The zero-order chi connectivity index (χ0) is 17.0. The number of benzene rings is 2. The summed E-state index contributed by atoms with van der Waals surface area (Å²) in [7, 11) is -3.15. The van der Waals surface area contributed by atoms with Crippen LogP contribution in [0.1, 0.15) is 5.56 Å². The van der Waals surface area contributed by atoms with Crippen LogP contribution >= 0.6 is 0 Å². The number of ether oxygens (including phenoxy) is 1. The van der Waals surface area contributed by atoms with E-state index in [-0.39, 0.29) is 0 Å². The first-order chi connectivity index (χ1) is 11.5. The summed E-state index contributed by atoms with van der Waals surface area (Å²) in [4.78, 5) is 0. The third kappa shape index (κ3) is 4.37. The van der Waals surface area contributed by atoms with E-state index in [1.54, 1.807) is 0 Å². The second kappa shape index (κ2) is 7.07. The van der Waals surface area contributed by atoms with E-state index in [0.29, 0.717) is 19.7 Å². The minimum atomic E-state index is -3.15. The summed E-state index contributed by atoms with van der Waals surface area (Å²) in [6.45, 7) is 1.49. The summed E-state index contributed by atoms with van der Waals surface area (Å²) in [6.07, 6.45) is 3.12. The van der Waals surface area contributed by atoms with Crippen molar-refractivity contribution in [3.63, 3.8) is 0 Å². The number of fused-ring (bicyclic) bond motifs is 1. The highest BCUT2D eigenvalue weighted by Gasteiger charge is 2.05. The molecule has 0 unspecified atom stereocenters. The highest BCUT2D eigenvalue weighted by atomic mass is 32.2. The zero-order valence-corrected chi connectivity index (χ0v) is 14.3. The number of sulfonamides is 1. The molecule has 1 heterocycles. The van der Waals surface area contributed by atoms with Gasteiger partial charge in [-0.3, -0.25) is 0 Å². The molecule has 5 nitrogen and oxygen atoms in total. The molecular formula is C18H20N2O3S. The molecule has 3 aromatic rings. The first-order valence-corrected chi connectivity index (χ1v) is 9.61. The summed E-state index contributed by atoms with van der Waals surface area (Å²) in [5.74, 6) is 0.818. The summed E-state index contributed by atoms with van der Waals surface area (Å²) >= 11 is 0. The largest absolute Gasteiger partial charge is 0.489 e. The average Bonchev–Trinajstić information content (AvgIpc) is 2.95. The van der Waals surface area contributed by atoms with Gasteiger partial charge in [-0.15, -0.1) is 0 Å². The van der Waals surface area contributed by atoms with Gasteiger partial charge < -0.3 is 9.30 Å². The van der Waals surface area contributed by atoms with Crippen LogP contribution in [0.25, 0.3) is 10.9 Å². The number of hydrogen-bond acceptors (Lipinski definition) is 3. The Balaban J connectivity index is 1.66. The van der Waals surface area contributed by atoms with Crippen molar-refractivity contribution in [2.24, 2.45) is 0 Å². The lowest BCUT2D eigenvalue weighted by Gasteiger charge is -2.08. The fraction of sp³-hybridized carbons (Fsp3) is 0.222. The molecular weight excluding hydrogens is 324 g/mol. The third-order valence-electron chi connectivity index (χ3n) is 3.71. The summed E-state index contributed by atoms with van der Waals surface area (Å²) in [5.41, 5.74) is 2.18. The van der Waals surface area contributed by atoms with Crippen LogP contribution in [0.3, 0.4) is 0 Å². The molecule has 0 radical (unpaired) electrons. The maximum atomic E-state index is 11.1. The summed E-state index contributed by atoms with van der Waals surface area (Å²) in [6, 6.07) is 18.0. The van der Waals surface area contributed by atoms with E-state index in [0.717, 1.165) is 28.5 Å². The topological polar surface area (TPSA) is 60.3 Å². The molecule has 3 rings (SSSR count). The van der Waals surface area contributed by atoms with E-state index in [4.69, 9.17) is 4.74 Å². The van der Waals surface area contributed by atoms with Crippen molar-refractivity contribution in [2.45, 2.75) is 13.2 Å². The second-order valence-electron chi connectivity index (χ2n) is 5.67. The van der Waals surface area contributed by atoms with Crippen LogP contribution in [0.15, 0.2) is 60.8 Å².